The molecular formula is C15H18F3N3O4S. The van der Waals surface area contributed by atoms with Crippen molar-refractivity contribution in [1.82, 2.24) is 5.43 Å². The number of carbonyl (C=O) groups excluding carboxylic acids is 1. The number of ether oxygens (including phenoxy) is 1. The van der Waals surface area contributed by atoms with Crippen LogP contribution < -0.4 is 10.9 Å². The molecule has 0 aliphatic carbocycles. The van der Waals surface area contributed by atoms with Crippen LogP contribution in [0.2, 0.25) is 0 Å². The molecule has 1 aromatic rings. The maximum Gasteiger partial charge on any atom is 0.416 e. The lowest BCUT2D eigenvalue weighted by Crippen LogP contribution is -2.38. The van der Waals surface area contributed by atoms with Crippen molar-refractivity contribution in [1.29, 1.82) is 0 Å². The Labute approximate surface area is 148 Å². The van der Waals surface area contributed by atoms with Crippen molar-refractivity contribution in [3.05, 3.63) is 29.8 Å². The summed E-state index contributed by atoms with van der Waals surface area (Å²) in [6.45, 7) is 1.64. The number of esters is 1. The van der Waals surface area contributed by atoms with Crippen LogP contribution in [0.1, 0.15) is 18.9 Å². The molecule has 1 unspecified atom stereocenters. The minimum atomic E-state index is -4.51. The number of hydrogen-bond acceptors (Lipinski definition) is 6. The van der Waals surface area contributed by atoms with E-state index < -0.39 is 33.6 Å². The van der Waals surface area contributed by atoms with Crippen molar-refractivity contribution in [2.75, 3.05) is 23.5 Å². The van der Waals surface area contributed by atoms with Gasteiger partial charge in [0, 0.05) is 0 Å². The predicted octanol–water partition coefficient (Wildman–Crippen LogP) is 1.77. The highest BCUT2D eigenvalue weighted by atomic mass is 32.2. The number of anilines is 1. The summed E-state index contributed by atoms with van der Waals surface area (Å²) >= 11 is 0. The third-order valence-electron chi connectivity index (χ3n) is 3.50. The Morgan fingerprint density at radius 3 is 2.69 bits per heavy atom. The number of halogens is 3. The summed E-state index contributed by atoms with van der Waals surface area (Å²) in [5, 5.41) is 0. The van der Waals surface area contributed by atoms with Crippen molar-refractivity contribution in [3.8, 4) is 0 Å². The topological polar surface area (TPSA) is 96.9 Å². The molecule has 144 valence electrons. The van der Waals surface area contributed by atoms with Crippen LogP contribution in [-0.4, -0.2) is 44.4 Å². The molecule has 26 heavy (non-hydrogen) atoms. The number of benzene rings is 1. The van der Waals surface area contributed by atoms with E-state index in [4.69, 9.17) is 4.74 Å². The van der Waals surface area contributed by atoms with Gasteiger partial charge in [0.2, 0.25) is 5.84 Å². The zero-order valence-electron chi connectivity index (χ0n) is 13.8. The van der Waals surface area contributed by atoms with E-state index in [0.717, 1.165) is 12.1 Å². The Morgan fingerprint density at radius 1 is 1.38 bits per heavy atom. The molecule has 1 saturated heterocycles. The second-order valence-corrected chi connectivity index (χ2v) is 7.81. The van der Waals surface area contributed by atoms with Gasteiger partial charge in [-0.05, 0) is 31.5 Å². The monoisotopic (exact) mass is 393 g/mol. The van der Waals surface area contributed by atoms with Gasteiger partial charge in [0.05, 0.1) is 35.4 Å². The molecule has 0 radical (unpaired) electrons. The zero-order valence-corrected chi connectivity index (χ0v) is 14.7. The van der Waals surface area contributed by atoms with Crippen LogP contribution in [0.25, 0.3) is 0 Å². The standard InChI is InChI=1S/C15H18F3N3O4S/c1-2-25-14(22)13(19-12-6-7-26(23,24)9-12)21-20-11-5-3-4-10(8-11)15(16,17)18/h3-5,8,12,20H,2,6-7,9H2,1H3,(H,19,21). The van der Waals surface area contributed by atoms with E-state index in [-0.39, 0.29) is 36.1 Å². The fraction of sp³-hybridized carbons (Fsp3) is 0.467. The van der Waals surface area contributed by atoms with Crippen LogP contribution in [0, 0.1) is 0 Å². The van der Waals surface area contributed by atoms with Gasteiger partial charge in [-0.3, -0.25) is 15.8 Å². The molecule has 1 atom stereocenters. The normalized spacial score (nSPS) is 19.8. The van der Waals surface area contributed by atoms with Gasteiger partial charge in [0.25, 0.3) is 0 Å². The van der Waals surface area contributed by atoms with Gasteiger partial charge in [-0.1, -0.05) is 6.07 Å². The summed E-state index contributed by atoms with van der Waals surface area (Å²) in [4.78, 5) is 16.0. The summed E-state index contributed by atoms with van der Waals surface area (Å²) in [5.41, 5.74) is 4.07. The number of amidine groups is 1. The van der Waals surface area contributed by atoms with Crippen LogP contribution in [0.15, 0.2) is 29.3 Å². The number of hydrazine groups is 1. The van der Waals surface area contributed by atoms with Gasteiger partial charge in [0.15, 0.2) is 9.84 Å². The first-order valence-corrected chi connectivity index (χ1v) is 9.57. The lowest BCUT2D eigenvalue weighted by molar-refractivity contribution is -0.137. The second kappa shape index (κ2) is 7.94. The van der Waals surface area contributed by atoms with Crippen molar-refractivity contribution in [2.24, 2.45) is 4.99 Å². The van der Waals surface area contributed by atoms with Gasteiger partial charge in [0.1, 0.15) is 0 Å². The Balaban J connectivity index is 2.14. The fourth-order valence-corrected chi connectivity index (χ4v) is 3.93. The highest BCUT2D eigenvalue weighted by Crippen LogP contribution is 2.30. The van der Waals surface area contributed by atoms with Crippen molar-refractivity contribution >= 4 is 27.3 Å². The minimum Gasteiger partial charge on any atom is -0.460 e. The predicted molar refractivity (Wildman–Crippen MR) is 89.3 cm³/mol. The average Bonchev–Trinajstić information content (AvgIpc) is 2.90. The highest BCUT2D eigenvalue weighted by molar-refractivity contribution is 7.91. The Bertz CT molecular complexity index is 794. The third kappa shape index (κ3) is 5.61. The number of carbonyl (C=O) groups is 1. The smallest absolute Gasteiger partial charge is 0.416 e. The largest absolute Gasteiger partial charge is 0.460 e. The Morgan fingerprint density at radius 2 is 2.12 bits per heavy atom. The number of nitrogens with one attached hydrogen (secondary N) is 2. The van der Waals surface area contributed by atoms with E-state index in [1.165, 1.54) is 12.1 Å². The van der Waals surface area contributed by atoms with Gasteiger partial charge in [-0.25, -0.2) is 13.2 Å². The second-order valence-electron chi connectivity index (χ2n) is 5.58. The van der Waals surface area contributed by atoms with Crippen molar-refractivity contribution < 1.29 is 31.1 Å². The summed E-state index contributed by atoms with van der Waals surface area (Å²) in [7, 11) is -3.20. The van der Waals surface area contributed by atoms with Gasteiger partial charge < -0.3 is 4.74 Å². The van der Waals surface area contributed by atoms with Crippen LogP contribution in [0.3, 0.4) is 0 Å². The van der Waals surface area contributed by atoms with Crippen LogP contribution >= 0.6 is 0 Å². The molecule has 1 heterocycles. The van der Waals surface area contributed by atoms with E-state index in [2.05, 4.69) is 15.8 Å². The number of rotatable bonds is 4. The quantitative estimate of drug-likeness (QED) is 0.350. The molecule has 11 heteroatoms. The molecule has 1 aromatic carbocycles. The third-order valence-corrected chi connectivity index (χ3v) is 5.25. The zero-order chi connectivity index (χ0) is 19.4. The molecule has 2 N–H and O–H groups in total. The molecule has 0 aromatic heterocycles. The lowest BCUT2D eigenvalue weighted by Gasteiger charge is -2.14. The molecule has 0 bridgehead atoms. The van der Waals surface area contributed by atoms with E-state index >= 15 is 0 Å². The van der Waals surface area contributed by atoms with Crippen LogP contribution in [0.5, 0.6) is 0 Å². The van der Waals surface area contributed by atoms with E-state index in [0.29, 0.717) is 0 Å². The Hall–Kier alpha value is -2.30. The number of aliphatic imine (C=N–C) groups is 1. The van der Waals surface area contributed by atoms with Gasteiger partial charge >= 0.3 is 12.1 Å². The molecule has 1 aliphatic heterocycles. The molecule has 1 aliphatic rings. The number of sulfone groups is 1. The van der Waals surface area contributed by atoms with Crippen LogP contribution in [0.4, 0.5) is 18.9 Å². The van der Waals surface area contributed by atoms with E-state index in [1.54, 1.807) is 6.92 Å². The molecule has 0 saturated carbocycles. The molecule has 0 spiro atoms. The van der Waals surface area contributed by atoms with Crippen molar-refractivity contribution in [3.63, 3.8) is 0 Å². The van der Waals surface area contributed by atoms with Gasteiger partial charge in [-0.15, -0.1) is 0 Å². The minimum absolute atomic E-state index is 0.0294. The Kier molecular flexibility index (Phi) is 6.11. The van der Waals surface area contributed by atoms with Crippen LogP contribution in [-0.2, 0) is 25.5 Å². The summed E-state index contributed by atoms with van der Waals surface area (Å²) in [6, 6.07) is 3.73. The molecule has 1 fully saturated rings. The first-order valence-electron chi connectivity index (χ1n) is 7.75. The summed E-state index contributed by atoms with van der Waals surface area (Å²) in [5.74, 6) is -1.36. The molecular weight excluding hydrogens is 375 g/mol. The van der Waals surface area contributed by atoms with E-state index in [1.807, 2.05) is 0 Å². The first kappa shape index (κ1) is 20.0. The maximum absolute atomic E-state index is 12.7. The SMILES string of the molecule is CCOC(=O)C(=NC1CCS(=O)(=O)C1)NNc1cccc(C(F)(F)F)c1. The summed E-state index contributed by atoms with van der Waals surface area (Å²) in [6.07, 6.45) is -4.25. The first-order chi connectivity index (χ1) is 12.1. The lowest BCUT2D eigenvalue weighted by atomic mass is 10.2. The molecule has 2 rings (SSSR count). The highest BCUT2D eigenvalue weighted by Gasteiger charge is 2.31. The van der Waals surface area contributed by atoms with Gasteiger partial charge in [-0.2, -0.15) is 13.2 Å². The fourth-order valence-electron chi connectivity index (χ4n) is 2.30. The van der Waals surface area contributed by atoms with Crippen molar-refractivity contribution in [2.45, 2.75) is 25.6 Å². The van der Waals surface area contributed by atoms with E-state index in [9.17, 15) is 26.4 Å². The number of nitrogens with zero attached hydrogens (tertiary/aromatic N) is 1. The molecule has 0 amide bonds. The number of alkyl halides is 3. The maximum atomic E-state index is 12.7. The average molecular weight is 393 g/mol. The molecule has 7 nitrogen and oxygen atoms in total. The summed E-state index contributed by atoms with van der Waals surface area (Å²) < 4.78 is 66.0. The number of hydrogen-bond donors (Lipinski definition) is 2.